The quantitative estimate of drug-likeness (QED) is 0.594. The minimum atomic E-state index is -0.238. The second kappa shape index (κ2) is 6.26. The molecule has 1 aliphatic heterocycles. The molecule has 0 radical (unpaired) electrons. The van der Waals surface area contributed by atoms with Gasteiger partial charge in [0.25, 0.3) is 5.91 Å². The van der Waals surface area contributed by atoms with Gasteiger partial charge in [-0.05, 0) is 36.9 Å². The van der Waals surface area contributed by atoms with Crippen LogP contribution in [-0.4, -0.2) is 28.6 Å². The molecule has 1 aliphatic rings. The zero-order valence-electron chi connectivity index (χ0n) is 14.0. The Morgan fingerprint density at radius 2 is 2.00 bits per heavy atom. The molecule has 128 valence electrons. The van der Waals surface area contributed by atoms with E-state index in [9.17, 15) is 9.90 Å². The van der Waals surface area contributed by atoms with Crippen LogP contribution in [0.5, 0.6) is 5.75 Å². The number of benzene rings is 2. The average molecular weight is 335 g/mol. The second-order valence-electron chi connectivity index (χ2n) is 6.65. The zero-order chi connectivity index (χ0) is 17.4. The molecular formula is C20H21N3O2. The summed E-state index contributed by atoms with van der Waals surface area (Å²) >= 11 is 0. The minimum absolute atomic E-state index is 0.0342. The molecule has 1 saturated heterocycles. The number of phenolic OH excluding ortho intramolecular Hbond substituents is 1. The predicted molar refractivity (Wildman–Crippen MR) is 97.8 cm³/mol. The lowest BCUT2D eigenvalue weighted by Gasteiger charge is -2.14. The topological polar surface area (TPSA) is 77.2 Å². The highest BCUT2D eigenvalue weighted by Crippen LogP contribution is 2.29. The molecule has 4 rings (SSSR count). The molecule has 1 fully saturated rings. The number of amides is 1. The van der Waals surface area contributed by atoms with Crippen molar-refractivity contribution in [3.8, 4) is 5.75 Å². The molecule has 1 aromatic heterocycles. The summed E-state index contributed by atoms with van der Waals surface area (Å²) in [7, 11) is 0. The molecule has 2 atom stereocenters. The second-order valence-corrected chi connectivity index (χ2v) is 6.65. The summed E-state index contributed by atoms with van der Waals surface area (Å²) in [6.07, 6.45) is 0.819. The third-order valence-electron chi connectivity index (χ3n) is 4.84. The van der Waals surface area contributed by atoms with E-state index in [4.69, 9.17) is 0 Å². The lowest BCUT2D eigenvalue weighted by atomic mass is 10.0. The monoisotopic (exact) mass is 335 g/mol. The molecule has 0 aliphatic carbocycles. The summed E-state index contributed by atoms with van der Waals surface area (Å²) < 4.78 is 0. The van der Waals surface area contributed by atoms with Crippen molar-refractivity contribution in [2.75, 3.05) is 6.54 Å². The van der Waals surface area contributed by atoms with Gasteiger partial charge in [-0.25, -0.2) is 0 Å². The number of fused-ring (bicyclic) bond motifs is 1. The van der Waals surface area contributed by atoms with Crippen molar-refractivity contribution in [1.82, 2.24) is 15.6 Å². The lowest BCUT2D eigenvalue weighted by molar-refractivity contribution is 0.0937. The van der Waals surface area contributed by atoms with E-state index in [2.05, 4.69) is 27.8 Å². The molecular weight excluding hydrogens is 314 g/mol. The number of carbonyl (C=O) groups is 1. The molecule has 0 saturated carbocycles. The molecule has 5 nitrogen and oxygen atoms in total. The van der Waals surface area contributed by atoms with Gasteiger partial charge in [0.2, 0.25) is 0 Å². The number of carbonyl (C=O) groups excluding carboxylic acids is 1. The minimum Gasteiger partial charge on any atom is -0.506 e. The van der Waals surface area contributed by atoms with Crippen molar-refractivity contribution in [2.45, 2.75) is 25.4 Å². The third-order valence-corrected chi connectivity index (χ3v) is 4.84. The Bertz CT molecular complexity index is 932. The van der Waals surface area contributed by atoms with E-state index in [1.807, 2.05) is 37.3 Å². The molecule has 5 heteroatoms. The Balaban J connectivity index is 1.48. The maximum absolute atomic E-state index is 12.6. The van der Waals surface area contributed by atoms with E-state index < -0.39 is 0 Å². The van der Waals surface area contributed by atoms with Gasteiger partial charge < -0.3 is 20.7 Å². The zero-order valence-corrected chi connectivity index (χ0v) is 14.0. The fourth-order valence-electron chi connectivity index (χ4n) is 3.51. The number of nitrogens with one attached hydrogen (secondary N) is 3. The van der Waals surface area contributed by atoms with Gasteiger partial charge in [-0.3, -0.25) is 4.79 Å². The number of aromatic nitrogens is 1. The molecule has 2 heterocycles. The highest BCUT2D eigenvalue weighted by molar-refractivity contribution is 6.03. The number of aromatic amines is 1. The standard InChI is InChI=1S/C20H21N3O2/c1-12-6-9-17(22-12)18-10-14(11-21-18)23-20(25)16-8-7-13-4-2-3-5-15(13)19(16)24/h2-9,14,18,21-22,24H,10-11H2,1H3,(H,23,25)/t14-,18-/m0/s1. The van der Waals surface area contributed by atoms with Crippen LogP contribution in [0.2, 0.25) is 0 Å². The normalized spacial score (nSPS) is 20.0. The summed E-state index contributed by atoms with van der Waals surface area (Å²) in [5.74, 6) is -0.198. The highest BCUT2D eigenvalue weighted by Gasteiger charge is 2.28. The van der Waals surface area contributed by atoms with E-state index in [0.717, 1.165) is 23.2 Å². The van der Waals surface area contributed by atoms with Crippen molar-refractivity contribution in [3.63, 3.8) is 0 Å². The van der Waals surface area contributed by atoms with Crippen LogP contribution in [0.3, 0.4) is 0 Å². The van der Waals surface area contributed by atoms with Gasteiger partial charge in [-0.15, -0.1) is 0 Å². The molecule has 25 heavy (non-hydrogen) atoms. The summed E-state index contributed by atoms with van der Waals surface area (Å²) in [5, 5.41) is 18.5. The van der Waals surface area contributed by atoms with Crippen LogP contribution in [0.25, 0.3) is 10.8 Å². The molecule has 2 aromatic carbocycles. The Morgan fingerprint density at radius 1 is 1.16 bits per heavy atom. The van der Waals surface area contributed by atoms with Gasteiger partial charge in [0.1, 0.15) is 5.75 Å². The Morgan fingerprint density at radius 3 is 2.80 bits per heavy atom. The van der Waals surface area contributed by atoms with E-state index in [0.29, 0.717) is 17.5 Å². The number of aromatic hydroxyl groups is 1. The van der Waals surface area contributed by atoms with Gasteiger partial charge in [-0.2, -0.15) is 0 Å². The molecule has 1 amide bonds. The van der Waals surface area contributed by atoms with E-state index >= 15 is 0 Å². The molecule has 3 aromatic rings. The molecule has 0 unspecified atom stereocenters. The van der Waals surface area contributed by atoms with Crippen LogP contribution in [0.15, 0.2) is 48.5 Å². The van der Waals surface area contributed by atoms with Crippen molar-refractivity contribution >= 4 is 16.7 Å². The molecule has 4 N–H and O–H groups in total. The van der Waals surface area contributed by atoms with Gasteiger partial charge in [0.15, 0.2) is 0 Å². The van der Waals surface area contributed by atoms with Crippen LogP contribution < -0.4 is 10.6 Å². The van der Waals surface area contributed by atoms with Crippen LogP contribution in [0.1, 0.15) is 34.2 Å². The van der Waals surface area contributed by atoms with Gasteiger partial charge in [-0.1, -0.05) is 30.3 Å². The van der Waals surface area contributed by atoms with Crippen LogP contribution >= 0.6 is 0 Å². The number of H-pyrrole nitrogens is 1. The van der Waals surface area contributed by atoms with Crippen LogP contribution in [0, 0.1) is 6.92 Å². The number of aryl methyl sites for hydroxylation is 1. The number of hydrogen-bond donors (Lipinski definition) is 4. The maximum Gasteiger partial charge on any atom is 0.255 e. The number of hydrogen-bond acceptors (Lipinski definition) is 3. The van der Waals surface area contributed by atoms with Crippen LogP contribution in [-0.2, 0) is 0 Å². The number of phenols is 1. The SMILES string of the molecule is Cc1ccc([C@@H]2C[C@H](NC(=O)c3ccc4ccccc4c3O)CN2)[nH]1. The summed E-state index contributed by atoms with van der Waals surface area (Å²) in [4.78, 5) is 15.9. The number of rotatable bonds is 3. The first-order valence-electron chi connectivity index (χ1n) is 8.52. The lowest BCUT2D eigenvalue weighted by Crippen LogP contribution is -2.36. The van der Waals surface area contributed by atoms with Gasteiger partial charge in [0.05, 0.1) is 5.56 Å². The maximum atomic E-state index is 12.6. The third kappa shape index (κ3) is 2.98. The van der Waals surface area contributed by atoms with Crippen molar-refractivity contribution in [1.29, 1.82) is 0 Å². The first-order valence-corrected chi connectivity index (χ1v) is 8.52. The van der Waals surface area contributed by atoms with Crippen LogP contribution in [0.4, 0.5) is 0 Å². The Kier molecular flexibility index (Phi) is 3.93. The van der Waals surface area contributed by atoms with Gasteiger partial charge in [0, 0.05) is 35.4 Å². The fourth-order valence-corrected chi connectivity index (χ4v) is 3.51. The highest BCUT2D eigenvalue weighted by atomic mass is 16.3. The van der Waals surface area contributed by atoms with Crippen molar-refractivity contribution in [2.24, 2.45) is 0 Å². The fraction of sp³-hybridized carbons (Fsp3) is 0.250. The van der Waals surface area contributed by atoms with Crippen molar-refractivity contribution in [3.05, 3.63) is 65.5 Å². The largest absolute Gasteiger partial charge is 0.506 e. The van der Waals surface area contributed by atoms with E-state index in [1.165, 1.54) is 0 Å². The van der Waals surface area contributed by atoms with E-state index in [-0.39, 0.29) is 23.7 Å². The average Bonchev–Trinajstić information content (AvgIpc) is 3.24. The van der Waals surface area contributed by atoms with E-state index in [1.54, 1.807) is 6.07 Å². The van der Waals surface area contributed by atoms with Gasteiger partial charge >= 0.3 is 0 Å². The Hall–Kier alpha value is -2.79. The van der Waals surface area contributed by atoms with Crippen molar-refractivity contribution < 1.29 is 9.90 Å². The Labute approximate surface area is 146 Å². The summed E-state index contributed by atoms with van der Waals surface area (Å²) in [6.45, 7) is 2.74. The summed E-state index contributed by atoms with van der Waals surface area (Å²) in [5.41, 5.74) is 2.59. The first kappa shape index (κ1) is 15.7. The molecule has 0 bridgehead atoms. The summed E-state index contributed by atoms with van der Waals surface area (Å²) in [6, 6.07) is 15.4. The predicted octanol–water partition coefficient (Wildman–Crippen LogP) is 3.01. The molecule has 0 spiro atoms. The smallest absolute Gasteiger partial charge is 0.255 e. The first-order chi connectivity index (χ1) is 12.1.